The Bertz CT molecular complexity index is 1100. The van der Waals surface area contributed by atoms with Crippen LogP contribution in [0.4, 0.5) is 5.69 Å². The average Bonchev–Trinajstić information content (AvgIpc) is 3.23. The van der Waals surface area contributed by atoms with Crippen molar-refractivity contribution in [1.29, 1.82) is 5.26 Å². The number of benzene rings is 1. The molecule has 1 aliphatic rings. The molecule has 1 N–H and O–H groups in total. The van der Waals surface area contributed by atoms with Crippen LogP contribution in [-0.4, -0.2) is 32.5 Å². The van der Waals surface area contributed by atoms with Gasteiger partial charge in [-0.05, 0) is 30.4 Å². The number of nitrogens with zero attached hydrogens (tertiary/aromatic N) is 3. The van der Waals surface area contributed by atoms with E-state index < -0.39 is 10.0 Å². The molecule has 0 aliphatic carbocycles. The summed E-state index contributed by atoms with van der Waals surface area (Å²) in [7, 11) is -3.46. The first-order valence-electron chi connectivity index (χ1n) is 8.67. The standard InChI is InChI=1S/C19H18N4O2S2/c20-12-14-13-21-17-5-2-1-4-16(17)19(14)23-9-7-15(8-10-23)22-27(24,25)18-6-3-11-26-18/h1-6,11,13,15,22H,7-10H2. The van der Waals surface area contributed by atoms with Crippen molar-refractivity contribution in [2.75, 3.05) is 18.0 Å². The van der Waals surface area contributed by atoms with Gasteiger partial charge >= 0.3 is 0 Å². The van der Waals surface area contributed by atoms with Gasteiger partial charge in [0.1, 0.15) is 10.3 Å². The number of nitrogens with one attached hydrogen (secondary N) is 1. The minimum atomic E-state index is -3.46. The third-order valence-corrected chi connectivity index (χ3v) is 7.68. The highest BCUT2D eigenvalue weighted by atomic mass is 32.2. The van der Waals surface area contributed by atoms with Crippen LogP contribution in [0.1, 0.15) is 18.4 Å². The van der Waals surface area contributed by atoms with E-state index in [2.05, 4.69) is 20.7 Å². The maximum absolute atomic E-state index is 12.4. The predicted molar refractivity (Wildman–Crippen MR) is 106 cm³/mol. The first-order valence-corrected chi connectivity index (χ1v) is 11.0. The molecule has 8 heteroatoms. The van der Waals surface area contributed by atoms with E-state index in [1.807, 2.05) is 24.3 Å². The fraction of sp³-hybridized carbons (Fsp3) is 0.263. The van der Waals surface area contributed by atoms with Gasteiger partial charge in [-0.3, -0.25) is 4.98 Å². The molecule has 6 nitrogen and oxygen atoms in total. The first kappa shape index (κ1) is 17.9. The van der Waals surface area contributed by atoms with Crippen molar-refractivity contribution in [3.05, 3.63) is 53.5 Å². The molecular weight excluding hydrogens is 380 g/mol. The molecule has 27 heavy (non-hydrogen) atoms. The number of para-hydroxylation sites is 1. The molecule has 0 saturated carbocycles. The minimum absolute atomic E-state index is 0.105. The van der Waals surface area contributed by atoms with Crippen LogP contribution in [0.15, 0.2) is 52.2 Å². The Morgan fingerprint density at radius 1 is 1.19 bits per heavy atom. The van der Waals surface area contributed by atoms with E-state index in [1.165, 1.54) is 11.3 Å². The van der Waals surface area contributed by atoms with E-state index in [0.717, 1.165) is 16.6 Å². The lowest BCUT2D eigenvalue weighted by Crippen LogP contribution is -2.44. The van der Waals surface area contributed by atoms with Crippen LogP contribution < -0.4 is 9.62 Å². The smallest absolute Gasteiger partial charge is 0.250 e. The van der Waals surface area contributed by atoms with Crippen molar-refractivity contribution < 1.29 is 8.42 Å². The maximum atomic E-state index is 12.4. The molecule has 1 saturated heterocycles. The topological polar surface area (TPSA) is 86.1 Å². The van der Waals surface area contributed by atoms with E-state index in [9.17, 15) is 13.7 Å². The van der Waals surface area contributed by atoms with Crippen molar-refractivity contribution in [1.82, 2.24) is 9.71 Å². The Hall–Kier alpha value is -2.47. The number of hydrogen-bond acceptors (Lipinski definition) is 6. The lowest BCUT2D eigenvalue weighted by molar-refractivity contribution is 0.461. The number of thiophene rings is 1. The van der Waals surface area contributed by atoms with E-state index >= 15 is 0 Å². The van der Waals surface area contributed by atoms with Crippen molar-refractivity contribution in [2.45, 2.75) is 23.1 Å². The van der Waals surface area contributed by atoms with E-state index in [4.69, 9.17) is 0 Å². The SMILES string of the molecule is N#Cc1cnc2ccccc2c1N1CCC(NS(=O)(=O)c2cccs2)CC1. The predicted octanol–water partition coefficient (Wildman–Crippen LogP) is 3.12. The number of piperidine rings is 1. The van der Waals surface area contributed by atoms with Crippen molar-refractivity contribution in [3.8, 4) is 6.07 Å². The fourth-order valence-electron chi connectivity index (χ4n) is 3.46. The molecule has 0 radical (unpaired) electrons. The highest BCUT2D eigenvalue weighted by molar-refractivity contribution is 7.91. The lowest BCUT2D eigenvalue weighted by atomic mass is 10.0. The molecular formula is C19H18N4O2S2. The Kier molecular flexibility index (Phi) is 4.83. The molecule has 138 valence electrons. The van der Waals surface area contributed by atoms with Gasteiger partial charge < -0.3 is 4.90 Å². The van der Waals surface area contributed by atoms with Crippen molar-refractivity contribution >= 4 is 38.0 Å². The summed E-state index contributed by atoms with van der Waals surface area (Å²) in [6, 6.07) is 13.3. The van der Waals surface area contributed by atoms with Crippen molar-refractivity contribution in [3.63, 3.8) is 0 Å². The van der Waals surface area contributed by atoms with Crippen LogP contribution in [0.2, 0.25) is 0 Å². The van der Waals surface area contributed by atoms with E-state index in [-0.39, 0.29) is 6.04 Å². The molecule has 0 spiro atoms. The number of rotatable bonds is 4. The number of sulfonamides is 1. The molecule has 3 heterocycles. The van der Waals surface area contributed by atoms with Crippen LogP contribution in [0.5, 0.6) is 0 Å². The molecule has 1 aliphatic heterocycles. The van der Waals surface area contributed by atoms with Gasteiger partial charge in [0.25, 0.3) is 0 Å². The molecule has 1 aromatic carbocycles. The molecule has 0 amide bonds. The largest absolute Gasteiger partial charge is 0.370 e. The van der Waals surface area contributed by atoms with Gasteiger partial charge in [0, 0.05) is 30.7 Å². The summed E-state index contributed by atoms with van der Waals surface area (Å²) in [6.45, 7) is 1.36. The minimum Gasteiger partial charge on any atom is -0.370 e. The summed E-state index contributed by atoms with van der Waals surface area (Å²) in [4.78, 5) is 6.52. The summed E-state index contributed by atoms with van der Waals surface area (Å²) < 4.78 is 28.0. The summed E-state index contributed by atoms with van der Waals surface area (Å²) in [6.07, 6.45) is 2.99. The molecule has 2 aromatic heterocycles. The number of pyridine rings is 1. The summed E-state index contributed by atoms with van der Waals surface area (Å²) >= 11 is 1.22. The molecule has 1 fully saturated rings. The third kappa shape index (κ3) is 3.54. The Labute approximate surface area is 162 Å². The van der Waals surface area contributed by atoms with Gasteiger partial charge in [0.15, 0.2) is 0 Å². The normalized spacial score (nSPS) is 15.7. The van der Waals surface area contributed by atoms with Crippen LogP contribution in [0, 0.1) is 11.3 Å². The second-order valence-corrected chi connectivity index (χ2v) is 9.35. The molecule has 0 atom stereocenters. The Balaban J connectivity index is 1.54. The Morgan fingerprint density at radius 3 is 2.67 bits per heavy atom. The summed E-state index contributed by atoms with van der Waals surface area (Å²) in [5, 5.41) is 12.2. The highest BCUT2D eigenvalue weighted by Crippen LogP contribution is 2.31. The van der Waals surface area contributed by atoms with Crippen molar-refractivity contribution in [2.24, 2.45) is 0 Å². The van der Waals surface area contributed by atoms with Gasteiger partial charge in [-0.15, -0.1) is 11.3 Å². The third-order valence-electron chi connectivity index (χ3n) is 4.76. The monoisotopic (exact) mass is 398 g/mol. The molecule has 3 aromatic rings. The average molecular weight is 399 g/mol. The molecule has 0 bridgehead atoms. The summed E-state index contributed by atoms with van der Waals surface area (Å²) in [5.41, 5.74) is 2.29. The number of hydrogen-bond donors (Lipinski definition) is 1. The quantitative estimate of drug-likeness (QED) is 0.730. The lowest BCUT2D eigenvalue weighted by Gasteiger charge is -2.34. The maximum Gasteiger partial charge on any atom is 0.250 e. The second kappa shape index (κ2) is 7.27. The number of anilines is 1. The fourth-order valence-corrected chi connectivity index (χ4v) is 5.78. The zero-order chi connectivity index (χ0) is 18.9. The van der Waals surface area contributed by atoms with Gasteiger partial charge in [-0.25, -0.2) is 13.1 Å². The van der Waals surface area contributed by atoms with Gasteiger partial charge in [0.05, 0.1) is 16.8 Å². The number of fused-ring (bicyclic) bond motifs is 1. The number of nitriles is 1. The van der Waals surface area contributed by atoms with Crippen LogP contribution in [-0.2, 0) is 10.0 Å². The summed E-state index contributed by atoms with van der Waals surface area (Å²) in [5.74, 6) is 0. The van der Waals surface area contributed by atoms with Crippen LogP contribution in [0.25, 0.3) is 10.9 Å². The van der Waals surface area contributed by atoms with Gasteiger partial charge in [-0.1, -0.05) is 24.3 Å². The number of aromatic nitrogens is 1. The zero-order valence-electron chi connectivity index (χ0n) is 14.5. The zero-order valence-corrected chi connectivity index (χ0v) is 16.1. The van der Waals surface area contributed by atoms with Crippen LogP contribution in [0.3, 0.4) is 0 Å². The van der Waals surface area contributed by atoms with E-state index in [0.29, 0.717) is 35.7 Å². The van der Waals surface area contributed by atoms with E-state index in [1.54, 1.807) is 23.7 Å². The van der Waals surface area contributed by atoms with Gasteiger partial charge in [0.2, 0.25) is 10.0 Å². The highest BCUT2D eigenvalue weighted by Gasteiger charge is 2.27. The van der Waals surface area contributed by atoms with Crippen LogP contribution >= 0.6 is 11.3 Å². The Morgan fingerprint density at radius 2 is 1.96 bits per heavy atom. The second-order valence-electron chi connectivity index (χ2n) is 6.46. The first-order chi connectivity index (χ1) is 13.1. The van der Waals surface area contributed by atoms with Gasteiger partial charge in [-0.2, -0.15) is 5.26 Å². The molecule has 0 unspecified atom stereocenters. The molecule has 4 rings (SSSR count).